The highest BCUT2D eigenvalue weighted by molar-refractivity contribution is 6.73. The van der Waals surface area contributed by atoms with Crippen LogP contribution in [0, 0.1) is 92.2 Å². The van der Waals surface area contributed by atoms with Gasteiger partial charge in [-0.2, -0.15) is 0 Å². The number of hydrogen-bond donors (Lipinski definition) is 2. The summed E-state index contributed by atoms with van der Waals surface area (Å²) in [6, 6.07) is 32.4. The molecule has 7 heterocycles. The van der Waals surface area contributed by atoms with Gasteiger partial charge in [-0.25, -0.2) is 4.79 Å². The largest absolute Gasteiger partial charge is 0.417 e. The van der Waals surface area contributed by atoms with Gasteiger partial charge in [-0.05, 0) is 184 Å². The maximum absolute atomic E-state index is 16.0. The molecular formula is C105H160N2O22Si. The molecule has 726 valence electrons. The highest BCUT2D eigenvalue weighted by Crippen LogP contribution is 2.75. The van der Waals surface area contributed by atoms with E-state index in [1.54, 1.807) is 14.0 Å². The molecule has 3 aromatic rings. The van der Waals surface area contributed by atoms with Crippen molar-refractivity contribution in [2.45, 2.75) is 401 Å². The van der Waals surface area contributed by atoms with Crippen LogP contribution in [-0.2, 0) is 119 Å². The molecular weight excluding hydrogens is 1670 g/mol. The summed E-state index contributed by atoms with van der Waals surface area (Å²) in [5, 5.41) is 3.66. The number of allylic oxidation sites excluding steroid dienone is 1. The van der Waals surface area contributed by atoms with Crippen molar-refractivity contribution < 1.29 is 104 Å². The molecule has 3 N–H and O–H groups in total. The molecule has 5 aliphatic carbocycles. The Morgan fingerprint density at radius 2 is 1.15 bits per heavy atom. The fraction of sp³-hybridized carbons (Fsp3) is 0.781. The van der Waals surface area contributed by atoms with Crippen molar-refractivity contribution in [3.8, 4) is 0 Å². The average Bonchev–Trinajstić information content (AvgIpc) is 0.986. The van der Waals surface area contributed by atoms with Crippen molar-refractivity contribution in [3.05, 3.63) is 119 Å². The smallest absolute Gasteiger partial charge is 0.410 e. The maximum Gasteiger partial charge on any atom is 0.410 e. The Balaban J connectivity index is 0.692. The van der Waals surface area contributed by atoms with Crippen LogP contribution in [0.15, 0.2) is 103 Å². The third-order valence-electron chi connectivity index (χ3n) is 35.5. The lowest BCUT2D eigenvalue weighted by molar-refractivity contribution is -0.376. The zero-order valence-electron chi connectivity index (χ0n) is 82.4. The monoisotopic (exact) mass is 1830 g/mol. The van der Waals surface area contributed by atoms with E-state index in [9.17, 15) is 9.59 Å². The number of hydrogen-bond acceptors (Lipinski definition) is 23. The first-order chi connectivity index (χ1) is 61.9. The third kappa shape index (κ3) is 19.5. The normalized spacial score (nSPS) is 44.6. The molecule has 0 radical (unpaired) electrons. The molecule has 0 aromatic heterocycles. The number of ether oxygens (including phenoxy) is 18. The average molecular weight is 1830 g/mol. The molecule has 25 heteroatoms. The molecule has 3 aromatic carbocycles. The molecule has 4 saturated carbocycles. The highest BCUT2D eigenvalue weighted by atomic mass is 28.4. The summed E-state index contributed by atoms with van der Waals surface area (Å²) in [4.78, 5) is 45.2. The number of aldehydes is 1. The Morgan fingerprint density at radius 3 is 1.78 bits per heavy atom. The number of fused-ring (bicyclic) bond motifs is 8. The Hall–Kier alpha value is -4.53. The van der Waals surface area contributed by atoms with Crippen LogP contribution in [0.1, 0.15) is 233 Å². The van der Waals surface area contributed by atoms with Gasteiger partial charge in [0.25, 0.3) is 0 Å². The first-order valence-corrected chi connectivity index (χ1v) is 52.4. The maximum atomic E-state index is 16.0. The molecule has 130 heavy (non-hydrogen) atoms. The number of rotatable bonds is 31. The van der Waals surface area contributed by atoms with Gasteiger partial charge >= 0.3 is 6.09 Å². The standard InChI is InChI=1S/C105H160N2O22Si/c1-24-75-62(7)63(8)87(129-130(25-2,26-3)27-4)95(118-75)125-90-85(122-92-64(9)61(6)60(5)53-115-92)66(11)83(68(13)109)121-96(90)120-80-46-47-101(19)78(102(80,20)59-108)45-48-103(21)79(101)44-43-73-74-51-99(15,16)49-50-105(74,81(111-23)52-104(73,103)22)107-98(110)126-94-86(65(10)82(106)76(119-94)57-112-54-70-37-31-28-32-38-70)123-97-91-89(127-100(17,18)128-91)88(69(14)117-97)124-93-67(12)84(114-56-72-41-35-30-36-42-72)77(58-116-93)113-55-71-39-33-29-34-40-71/h28-43,59-67,69,74-97H,24-27,44-58,106H2,1-23H3,(H,107,110)/t60-,61-,62+,63+,64?,65?,66-,67?,69?,74?,75?,76?,77-,78-,79?,80+,81?,82-,83?,84?,85+,86?,87?,88+,89?,90?,91?,92+,93+,94-,95+,96-,97+,101?,102-,103+,104-,105-/m1/s1. The quantitative estimate of drug-likeness (QED) is 0.0262. The minimum Gasteiger partial charge on any atom is -0.417 e. The summed E-state index contributed by atoms with van der Waals surface area (Å²) in [6.07, 6.45) is -5.04. The molecule has 1 amide bonds. The van der Waals surface area contributed by atoms with Gasteiger partial charge in [-0.1, -0.05) is 227 Å². The number of nitrogens with two attached hydrogens (primary N) is 1. The van der Waals surface area contributed by atoms with Crippen LogP contribution in [-0.4, -0.2) is 200 Å². The van der Waals surface area contributed by atoms with Crippen LogP contribution >= 0.6 is 0 Å². The van der Waals surface area contributed by atoms with E-state index < -0.39 is 178 Å². The van der Waals surface area contributed by atoms with Crippen LogP contribution in [0.4, 0.5) is 4.79 Å². The summed E-state index contributed by atoms with van der Waals surface area (Å²) in [5.41, 5.74) is 8.59. The Labute approximate surface area is 777 Å². The SMILES string of the molecule is CCC1O[C@@H](OC2[C@H](O[C@H]3CCC4(C)C5CC=C6C7CC(C)(C)CC[C@]7(NC(=O)O[C@H]7OC(COCc8ccccc8)[C@H](N)C(C)C7O[C@@H]7OC(C)[C@H](O[C@@H]8OC[C@@H](OCc9ccccc9)C(OCc9ccccc9)C8C)C8OC(C)(C)OC87)C(OC)C[C@@]6(C)[C@@]5(C)CC[C@H]4[C@@]3(C)C=O)OC(C(C)=O)[C@@H](C)[C@@H]2O[C@@H]2OC[C@@H](C)[C@@H](C)C2C)C(O[Si](CC)(CC)CC)[C@@H](C)[C@@H]1C. The summed E-state index contributed by atoms with van der Waals surface area (Å²) >= 11 is 0. The molecule has 15 rings (SSSR count). The van der Waals surface area contributed by atoms with Crippen molar-refractivity contribution in [2.24, 2.45) is 97.9 Å². The number of amides is 1. The Bertz CT molecular complexity index is 4250. The summed E-state index contributed by atoms with van der Waals surface area (Å²) < 4.78 is 134. The van der Waals surface area contributed by atoms with E-state index in [1.807, 2.05) is 113 Å². The second-order valence-electron chi connectivity index (χ2n) is 44.0. The number of Topliss-reactive ketones (excluding diaryl/α,β-unsaturated/α-hetero) is 1. The van der Waals surface area contributed by atoms with Gasteiger partial charge in [0.1, 0.15) is 55.1 Å². The number of carbonyl (C=O) groups excluding carboxylic acids is 3. The molecule has 17 unspecified atom stereocenters. The predicted octanol–water partition coefficient (Wildman–Crippen LogP) is 18.3. The van der Waals surface area contributed by atoms with Crippen molar-refractivity contribution in [1.82, 2.24) is 5.32 Å². The second-order valence-corrected chi connectivity index (χ2v) is 48.7. The Kier molecular flexibility index (Phi) is 31.1. The van der Waals surface area contributed by atoms with Gasteiger partial charge in [0.05, 0.1) is 93.3 Å². The van der Waals surface area contributed by atoms with Gasteiger partial charge in [-0.3, -0.25) is 4.79 Å². The highest BCUT2D eigenvalue weighted by Gasteiger charge is 2.72. The van der Waals surface area contributed by atoms with Crippen LogP contribution in [0.3, 0.4) is 0 Å². The molecule has 12 aliphatic rings. The first kappa shape index (κ1) is 99.9. The van der Waals surface area contributed by atoms with Crippen LogP contribution in [0.5, 0.6) is 0 Å². The fourth-order valence-electron chi connectivity index (χ4n) is 26.4. The van der Waals surface area contributed by atoms with Crippen LogP contribution < -0.4 is 11.1 Å². The number of ketones is 1. The van der Waals surface area contributed by atoms with E-state index in [-0.39, 0.29) is 82.8 Å². The fourth-order valence-corrected chi connectivity index (χ4v) is 29.3. The summed E-state index contributed by atoms with van der Waals surface area (Å²) in [7, 11) is -0.468. The number of alkyl carbamates (subject to hydrolysis) is 1. The molecule has 24 nitrogen and oxygen atoms in total. The number of benzene rings is 3. The van der Waals surface area contributed by atoms with Gasteiger partial charge < -0.3 is 106 Å². The molecule has 7 saturated heterocycles. The van der Waals surface area contributed by atoms with E-state index in [0.29, 0.717) is 57.5 Å². The molecule has 38 atom stereocenters. The van der Waals surface area contributed by atoms with Crippen molar-refractivity contribution in [1.29, 1.82) is 0 Å². The van der Waals surface area contributed by atoms with Crippen LogP contribution in [0.2, 0.25) is 18.1 Å². The lowest BCUT2D eigenvalue weighted by atomic mass is 9.34. The third-order valence-corrected chi connectivity index (χ3v) is 40.1. The Morgan fingerprint density at radius 1 is 0.546 bits per heavy atom. The van der Waals surface area contributed by atoms with E-state index >= 15 is 4.79 Å². The van der Waals surface area contributed by atoms with Crippen LogP contribution in [0.25, 0.3) is 0 Å². The van der Waals surface area contributed by atoms with Gasteiger partial charge in [0.2, 0.25) is 6.29 Å². The van der Waals surface area contributed by atoms with E-state index in [1.165, 1.54) is 11.9 Å². The van der Waals surface area contributed by atoms with Crippen molar-refractivity contribution in [2.75, 3.05) is 26.9 Å². The number of carbonyl (C=O) groups is 3. The lowest BCUT2D eigenvalue weighted by Gasteiger charge is -2.72. The minimum atomic E-state index is -2.27. The van der Waals surface area contributed by atoms with E-state index in [2.05, 4.69) is 134 Å². The molecule has 7 aliphatic heterocycles. The molecule has 0 bridgehead atoms. The summed E-state index contributed by atoms with van der Waals surface area (Å²) in [5.74, 6) is -1.79. The second kappa shape index (κ2) is 40.5. The topological polar surface area (TPSA) is 265 Å². The summed E-state index contributed by atoms with van der Waals surface area (Å²) in [6.45, 7) is 49.7. The molecule has 0 spiro atoms. The lowest BCUT2D eigenvalue weighted by Crippen LogP contribution is -2.73. The molecule has 11 fully saturated rings. The van der Waals surface area contributed by atoms with Crippen molar-refractivity contribution >= 4 is 26.5 Å². The minimum absolute atomic E-state index is 0.0241. The zero-order chi connectivity index (χ0) is 93.1. The van der Waals surface area contributed by atoms with Gasteiger partial charge in [-0.15, -0.1) is 0 Å². The number of methoxy groups -OCH3 is 1. The zero-order valence-corrected chi connectivity index (χ0v) is 83.4. The van der Waals surface area contributed by atoms with Gasteiger partial charge in [0.15, 0.2) is 51.3 Å². The predicted molar refractivity (Wildman–Crippen MR) is 494 cm³/mol. The van der Waals surface area contributed by atoms with Gasteiger partial charge in [0, 0.05) is 42.7 Å². The van der Waals surface area contributed by atoms with E-state index in [4.69, 9.17) is 95.4 Å². The van der Waals surface area contributed by atoms with Crippen molar-refractivity contribution in [3.63, 3.8) is 0 Å². The first-order valence-electron chi connectivity index (χ1n) is 49.9. The number of nitrogens with one attached hydrogen (secondary N) is 1. The van der Waals surface area contributed by atoms with E-state index in [0.717, 1.165) is 79.8 Å².